The first-order valence-electron chi connectivity index (χ1n) is 39.4. The van der Waals surface area contributed by atoms with Crippen LogP contribution in [0.3, 0.4) is 0 Å². The average molecular weight is 1580 g/mol. The third-order valence-corrected chi connectivity index (χ3v) is 20.8. The Labute approximate surface area is 648 Å². The van der Waals surface area contributed by atoms with Crippen molar-refractivity contribution in [1.29, 1.82) is 0 Å². The fraction of sp³-hybridized carbons (Fsp3) is 0.847. The number of amides is 2. The molecule has 111 heavy (non-hydrogen) atoms. The molecule has 0 spiro atoms. The molecule has 39 heteroatoms. The lowest BCUT2D eigenvalue weighted by atomic mass is 9.84. The highest BCUT2D eigenvalue weighted by molar-refractivity contribution is 5.88. The van der Waals surface area contributed by atoms with Crippen LogP contribution in [0.25, 0.3) is 0 Å². The summed E-state index contributed by atoms with van der Waals surface area (Å²) in [5.74, 6) is -1.82. The predicted molar refractivity (Wildman–Crippen MR) is 392 cm³/mol. The second kappa shape index (κ2) is 45.7. The largest absolute Gasteiger partial charge is 0.394 e. The van der Waals surface area contributed by atoms with Crippen LogP contribution in [0.4, 0.5) is 0 Å². The van der Waals surface area contributed by atoms with E-state index in [4.69, 9.17) is 37.9 Å². The monoisotopic (exact) mass is 1580 g/mol. The zero-order chi connectivity index (χ0) is 80.3. The van der Waals surface area contributed by atoms with Crippen LogP contribution in [0.1, 0.15) is 162 Å². The van der Waals surface area contributed by atoms with Crippen molar-refractivity contribution in [3.63, 3.8) is 0 Å². The van der Waals surface area contributed by atoms with Gasteiger partial charge in [0.2, 0.25) is 11.8 Å². The van der Waals surface area contributed by atoms with E-state index < -0.39 is 172 Å². The minimum atomic E-state index is -1.42. The van der Waals surface area contributed by atoms with Gasteiger partial charge in [0.25, 0.3) is 0 Å². The minimum Gasteiger partial charge on any atom is -0.394 e. The molecule has 5 aliphatic rings. The lowest BCUT2D eigenvalue weighted by Gasteiger charge is -2.42. The molecule has 8 heterocycles. The first-order valence-corrected chi connectivity index (χ1v) is 39.4. The molecule has 4 fully saturated rings. The van der Waals surface area contributed by atoms with Crippen LogP contribution in [0.5, 0.6) is 0 Å². The Hall–Kier alpha value is -5.55. The summed E-state index contributed by atoms with van der Waals surface area (Å²) in [5.41, 5.74) is 8.78. The van der Waals surface area contributed by atoms with Crippen LogP contribution in [0.2, 0.25) is 0 Å². The highest BCUT2D eigenvalue weighted by atomic mass is 16.7. The first kappa shape index (κ1) is 91.0. The molecule has 2 amide bonds. The van der Waals surface area contributed by atoms with Crippen molar-refractivity contribution in [3.8, 4) is 0 Å². The molecule has 4 saturated heterocycles. The van der Waals surface area contributed by atoms with Gasteiger partial charge in [0, 0.05) is 135 Å². The van der Waals surface area contributed by atoms with Gasteiger partial charge < -0.3 is 115 Å². The average Bonchev–Trinajstić information content (AvgIpc) is 1.59. The Morgan fingerprint density at radius 1 is 0.486 bits per heavy atom. The zero-order valence-corrected chi connectivity index (χ0v) is 65.3. The maximum absolute atomic E-state index is 15.0. The molecule has 0 radical (unpaired) electrons. The van der Waals surface area contributed by atoms with Gasteiger partial charge in [-0.05, 0) is 96.4 Å². The number of aromatic nitrogens is 9. The molecule has 3 aromatic rings. The second-order valence-electron chi connectivity index (χ2n) is 31.0. The van der Waals surface area contributed by atoms with Crippen molar-refractivity contribution in [1.82, 2.24) is 81.4 Å². The summed E-state index contributed by atoms with van der Waals surface area (Å²) in [5, 5.41) is 157. The van der Waals surface area contributed by atoms with E-state index in [2.05, 4.69) is 62.3 Å². The molecule has 21 atom stereocenters. The number of aryl methyl sites for hydroxylation is 3. The lowest BCUT2D eigenvalue weighted by Crippen LogP contribution is -2.64. The second-order valence-corrected chi connectivity index (χ2v) is 31.0. The van der Waals surface area contributed by atoms with Gasteiger partial charge in [-0.25, -0.2) is 0 Å². The summed E-state index contributed by atoms with van der Waals surface area (Å²) >= 11 is 0. The van der Waals surface area contributed by atoms with Gasteiger partial charge in [0.15, 0.2) is 30.9 Å². The zero-order valence-electron chi connectivity index (χ0n) is 65.3. The number of rotatable bonds is 49. The molecule has 0 bridgehead atoms. The highest BCUT2D eigenvalue weighted by Gasteiger charge is 2.48. The van der Waals surface area contributed by atoms with Crippen molar-refractivity contribution in [2.75, 3.05) is 72.5 Å². The van der Waals surface area contributed by atoms with Gasteiger partial charge >= 0.3 is 0 Å². The molecule has 0 aromatic carbocycles. The number of aliphatic hydroxyl groups excluding tert-OH is 12. The summed E-state index contributed by atoms with van der Waals surface area (Å²) in [7, 11) is 0. The molecule has 5 aliphatic heterocycles. The SMILES string of the molecule is CC(=O)N[C@H]1[C@H](OCCCCCN2C=C(CN(Cc3cn(CCCCCO[C@@H]4O[C@H](CO)[C@H](O)[C@H](O)[C@H]4C)nn3)C(CCCCN(Cc3cn(CCCCCO[C@@H]4O[C@H](CO)[C@H](O)[C@H](O)[C@H]4C)nn3)Cc3cn(CCCCCO[C@@H]4O[C@H](CO)[C@H](O)[C@H](O)[C@H]4NC(C)=O)nn3)C(=O)C(C)(C)C)NN2)O[C@H](CO)[C@H](O)[C@@H]1O. The van der Waals surface area contributed by atoms with Crippen molar-refractivity contribution in [2.45, 2.75) is 301 Å². The summed E-state index contributed by atoms with van der Waals surface area (Å²) in [6, 6.07) is -2.65. The van der Waals surface area contributed by atoms with E-state index in [1.807, 2.05) is 55.3 Å². The van der Waals surface area contributed by atoms with Crippen LogP contribution in [0, 0.1) is 17.3 Å². The van der Waals surface area contributed by atoms with Gasteiger partial charge in [0.1, 0.15) is 73.1 Å². The van der Waals surface area contributed by atoms with Crippen molar-refractivity contribution in [2.24, 2.45) is 17.3 Å². The molecule has 0 saturated carbocycles. The Balaban J connectivity index is 0.908. The quantitative estimate of drug-likeness (QED) is 0.0252. The summed E-state index contributed by atoms with van der Waals surface area (Å²) in [4.78, 5) is 43.3. The van der Waals surface area contributed by atoms with Gasteiger partial charge in [0.05, 0.1) is 67.5 Å². The van der Waals surface area contributed by atoms with E-state index in [9.17, 15) is 70.9 Å². The Bertz CT molecular complexity index is 3220. The van der Waals surface area contributed by atoms with E-state index >= 15 is 4.79 Å². The summed E-state index contributed by atoms with van der Waals surface area (Å²) < 4.78 is 52.0. The van der Waals surface area contributed by atoms with Crippen LogP contribution >= 0.6 is 0 Å². The molecule has 39 nitrogen and oxygen atoms in total. The van der Waals surface area contributed by atoms with E-state index in [-0.39, 0.29) is 25.5 Å². The number of nitrogens with one attached hydrogen (secondary N) is 4. The van der Waals surface area contributed by atoms with E-state index in [0.717, 1.165) is 62.0 Å². The molecule has 8 rings (SSSR count). The van der Waals surface area contributed by atoms with E-state index in [1.54, 1.807) is 23.2 Å². The number of carbonyl (C=O) groups is 3. The van der Waals surface area contributed by atoms with Gasteiger partial charge in [-0.3, -0.25) is 43.2 Å². The predicted octanol–water partition coefficient (Wildman–Crippen LogP) is -2.93. The van der Waals surface area contributed by atoms with Crippen LogP contribution in [-0.2, 0) is 91.5 Å². The highest BCUT2D eigenvalue weighted by Crippen LogP contribution is 2.31. The number of Topliss-reactive ketones (excluding diaryl/α,β-unsaturated/α-hetero) is 1. The third kappa shape index (κ3) is 27.6. The van der Waals surface area contributed by atoms with E-state index in [1.165, 1.54) is 13.8 Å². The number of nitrogens with zero attached hydrogens (tertiary/aromatic N) is 12. The number of unbranched alkanes of at least 4 members (excludes halogenated alkanes) is 9. The van der Waals surface area contributed by atoms with Gasteiger partial charge in [-0.15, -0.1) is 20.8 Å². The number of ketones is 1. The van der Waals surface area contributed by atoms with Crippen LogP contribution in [0.15, 0.2) is 30.5 Å². The van der Waals surface area contributed by atoms with Gasteiger partial charge in [-0.2, -0.15) is 0 Å². The van der Waals surface area contributed by atoms with Crippen molar-refractivity contribution in [3.05, 3.63) is 47.6 Å². The lowest BCUT2D eigenvalue weighted by molar-refractivity contribution is -0.282. The molecule has 632 valence electrons. The molecule has 0 aliphatic carbocycles. The third-order valence-electron chi connectivity index (χ3n) is 20.8. The van der Waals surface area contributed by atoms with E-state index in [0.29, 0.717) is 123 Å². The number of ether oxygens (including phenoxy) is 8. The van der Waals surface area contributed by atoms with Crippen LogP contribution in [-0.4, -0.2) is 328 Å². The fourth-order valence-corrected chi connectivity index (χ4v) is 14.2. The minimum absolute atomic E-state index is 0.0493. The molecule has 1 unspecified atom stereocenters. The summed E-state index contributed by atoms with van der Waals surface area (Å²) in [6.07, 6.45) is 0.0118. The molecular weight excluding hydrogens is 1460 g/mol. The molecule has 16 N–H and O–H groups in total. The fourth-order valence-electron chi connectivity index (χ4n) is 14.2. The van der Waals surface area contributed by atoms with Gasteiger partial charge in [-0.1, -0.05) is 56.7 Å². The van der Waals surface area contributed by atoms with Crippen molar-refractivity contribution >= 4 is 17.6 Å². The number of carbonyl (C=O) groups excluding carboxylic acids is 3. The number of hydrogen-bond acceptors (Lipinski definition) is 34. The number of aliphatic hydroxyl groups is 12. The normalized spacial score (nSPS) is 29.6. The number of hydrazine groups is 2. The maximum atomic E-state index is 15.0. The Morgan fingerprint density at radius 3 is 1.24 bits per heavy atom. The first-order chi connectivity index (χ1) is 53.2. The standard InChI is InChI=1S/C72H126N16O23/c1-44-59(95)61(97)53(40-89)108-68(44)104-28-18-8-13-24-85-36-48(75-79-85)32-83(33-49-37-86(80-76-49)25-15-10-20-30-106-70-57(73-46(3)93)65(101)63(99)55(42-91)110-70)23-17-12-22-52(67(103)72(5,6)7)84(34-50-38-87(81-77-50)26-14-9-19-29-105-69-45(2)60(96)62(98)54(41-90)109-69)35-51-39-88(82-78-51)27-16-11-21-31-107-71-58(74-47(4)94)66(102)64(100)56(43-92)111-71/h36-39,44-45,52-66,68-71,78,82,89-92,95-102H,8-35,40-43H2,1-7H3,(H,73,93)(H,74,94)/t44-,45-,52?,53-,54-,55-,56-,57-,58-,59-,60-,61+,62+,63+,64+,65-,66-,68-,69-,70-,71-/m1/s1. The van der Waals surface area contributed by atoms with Crippen molar-refractivity contribution < 1.29 is 114 Å². The topological polar surface area (TPSA) is 518 Å². The number of hydrogen-bond donors (Lipinski definition) is 16. The Morgan fingerprint density at radius 2 is 0.856 bits per heavy atom. The summed E-state index contributed by atoms with van der Waals surface area (Å²) in [6.45, 7) is 15.3. The molecular formula is C72H126N16O23. The smallest absolute Gasteiger partial charge is 0.217 e. The van der Waals surface area contributed by atoms with Crippen LogP contribution < -0.4 is 21.6 Å². The Kier molecular flexibility index (Phi) is 37.4. The molecule has 3 aromatic heterocycles. The maximum Gasteiger partial charge on any atom is 0.217 e.